The van der Waals surface area contributed by atoms with Crippen LogP contribution in [0.3, 0.4) is 0 Å². The summed E-state index contributed by atoms with van der Waals surface area (Å²) in [4.78, 5) is 23.0. The van der Waals surface area contributed by atoms with Gasteiger partial charge in [0.1, 0.15) is 11.4 Å². The molecule has 1 aromatic carbocycles. The van der Waals surface area contributed by atoms with Crippen molar-refractivity contribution in [3.63, 3.8) is 0 Å². The predicted molar refractivity (Wildman–Crippen MR) is 78.6 cm³/mol. The summed E-state index contributed by atoms with van der Waals surface area (Å²) >= 11 is 3.28. The molecule has 0 spiro atoms. The fraction of sp³-hybridized carbons (Fsp3) is 0.429. The molecule has 1 N–H and O–H groups in total. The van der Waals surface area contributed by atoms with Crippen LogP contribution in [-0.2, 0) is 9.53 Å². The summed E-state index contributed by atoms with van der Waals surface area (Å²) in [5.74, 6) is 0.0303. The number of hydrogen-bond donors (Lipinski definition) is 1. The van der Waals surface area contributed by atoms with E-state index in [1.165, 1.54) is 0 Å². The van der Waals surface area contributed by atoms with Gasteiger partial charge in [0, 0.05) is 6.54 Å². The van der Waals surface area contributed by atoms with Gasteiger partial charge in [-0.15, -0.1) is 0 Å². The number of nitrogens with one attached hydrogen (secondary N) is 1. The maximum Gasteiger partial charge on any atom is 0.407 e. The minimum Gasteiger partial charge on any atom is -0.444 e. The topological polar surface area (TPSA) is 64.6 Å². The Labute approximate surface area is 126 Å². The third kappa shape index (κ3) is 6.56. The molecule has 1 amide bonds. The van der Waals surface area contributed by atoms with Crippen LogP contribution in [0, 0.1) is 0 Å². The van der Waals surface area contributed by atoms with Crippen LogP contribution in [0.4, 0.5) is 4.79 Å². The van der Waals surface area contributed by atoms with E-state index < -0.39 is 17.7 Å². The zero-order valence-corrected chi connectivity index (χ0v) is 13.3. The summed E-state index contributed by atoms with van der Waals surface area (Å²) in [6.07, 6.45) is -0.480. The van der Waals surface area contributed by atoms with Crippen molar-refractivity contribution < 1.29 is 19.1 Å². The van der Waals surface area contributed by atoms with Gasteiger partial charge in [0.15, 0.2) is 0 Å². The minimum atomic E-state index is -0.556. The van der Waals surface area contributed by atoms with Gasteiger partial charge in [-0.1, -0.05) is 12.1 Å². The average molecular weight is 344 g/mol. The number of rotatable bonds is 4. The number of halogens is 1. The van der Waals surface area contributed by atoms with Crippen molar-refractivity contribution in [3.8, 4) is 5.75 Å². The number of benzene rings is 1. The molecule has 0 atom stereocenters. The maximum atomic E-state index is 11.6. The summed E-state index contributed by atoms with van der Waals surface area (Å²) in [5, 5.41) is 2.50. The Hall–Kier alpha value is -1.56. The summed E-state index contributed by atoms with van der Waals surface area (Å²) in [6.45, 7) is 5.48. The monoisotopic (exact) mass is 343 g/mol. The van der Waals surface area contributed by atoms with Crippen molar-refractivity contribution >= 4 is 28.0 Å². The van der Waals surface area contributed by atoms with Gasteiger partial charge >= 0.3 is 12.1 Å². The van der Waals surface area contributed by atoms with Crippen LogP contribution < -0.4 is 10.1 Å². The Bertz CT molecular complexity index is 482. The Morgan fingerprint density at radius 1 is 1.25 bits per heavy atom. The predicted octanol–water partition coefficient (Wildman–Crippen LogP) is 3.27. The second-order valence-electron chi connectivity index (χ2n) is 5.08. The van der Waals surface area contributed by atoms with E-state index >= 15 is 0 Å². The highest BCUT2D eigenvalue weighted by molar-refractivity contribution is 9.10. The number of carbonyl (C=O) groups excluding carboxylic acids is 2. The Balaban J connectivity index is 2.31. The smallest absolute Gasteiger partial charge is 0.407 e. The van der Waals surface area contributed by atoms with E-state index in [0.717, 1.165) is 0 Å². The first-order chi connectivity index (χ1) is 9.28. The van der Waals surface area contributed by atoms with Crippen molar-refractivity contribution in [2.75, 3.05) is 6.54 Å². The molecule has 0 saturated carbocycles. The Kier molecular flexibility index (Phi) is 6.01. The molecular formula is C14H18BrNO4. The van der Waals surface area contributed by atoms with Crippen LogP contribution in [0.25, 0.3) is 0 Å². The van der Waals surface area contributed by atoms with E-state index in [2.05, 4.69) is 21.2 Å². The van der Waals surface area contributed by atoms with Crippen LogP contribution in [0.5, 0.6) is 5.75 Å². The molecule has 0 aliphatic rings. The molecule has 1 aromatic rings. The third-order valence-electron chi connectivity index (χ3n) is 2.06. The van der Waals surface area contributed by atoms with Crippen molar-refractivity contribution in [1.29, 1.82) is 0 Å². The minimum absolute atomic E-state index is 0.0700. The molecular weight excluding hydrogens is 326 g/mol. The molecule has 6 heteroatoms. The molecule has 0 aromatic heterocycles. The third-order valence-corrected chi connectivity index (χ3v) is 2.71. The fourth-order valence-corrected chi connectivity index (χ4v) is 1.65. The van der Waals surface area contributed by atoms with Gasteiger partial charge in [-0.2, -0.15) is 0 Å². The molecule has 0 aliphatic carbocycles. The second kappa shape index (κ2) is 7.28. The van der Waals surface area contributed by atoms with E-state index in [9.17, 15) is 9.59 Å². The van der Waals surface area contributed by atoms with Gasteiger partial charge in [0.25, 0.3) is 0 Å². The maximum absolute atomic E-state index is 11.6. The number of alkyl carbamates (subject to hydrolysis) is 1. The number of amides is 1. The molecule has 0 radical (unpaired) electrons. The standard InChI is InChI=1S/C14H18BrNO4/c1-14(2,3)20-13(18)16-9-8-12(17)19-11-7-5-4-6-10(11)15/h4-7H,8-9H2,1-3H3,(H,16,18). The highest BCUT2D eigenvalue weighted by atomic mass is 79.9. The van der Waals surface area contributed by atoms with Crippen molar-refractivity contribution in [1.82, 2.24) is 5.32 Å². The molecule has 0 unspecified atom stereocenters. The van der Waals surface area contributed by atoms with E-state index in [0.29, 0.717) is 10.2 Å². The molecule has 5 nitrogen and oxygen atoms in total. The molecule has 0 bridgehead atoms. The van der Waals surface area contributed by atoms with Crippen molar-refractivity contribution in [3.05, 3.63) is 28.7 Å². The van der Waals surface area contributed by atoms with Gasteiger partial charge in [0.05, 0.1) is 10.9 Å². The highest BCUT2D eigenvalue weighted by Gasteiger charge is 2.16. The molecule has 0 heterocycles. The summed E-state index contributed by atoms with van der Waals surface area (Å²) in [7, 11) is 0. The molecule has 20 heavy (non-hydrogen) atoms. The quantitative estimate of drug-likeness (QED) is 0.673. The lowest BCUT2D eigenvalue weighted by molar-refractivity contribution is -0.134. The first-order valence-corrected chi connectivity index (χ1v) is 6.99. The first-order valence-electron chi connectivity index (χ1n) is 6.20. The first kappa shape index (κ1) is 16.5. The van der Waals surface area contributed by atoms with Gasteiger partial charge in [-0.3, -0.25) is 4.79 Å². The van der Waals surface area contributed by atoms with E-state index in [-0.39, 0.29) is 13.0 Å². The molecule has 0 aliphatic heterocycles. The zero-order chi connectivity index (χ0) is 15.2. The second-order valence-corrected chi connectivity index (χ2v) is 5.94. The molecule has 0 saturated heterocycles. The molecule has 110 valence electrons. The largest absolute Gasteiger partial charge is 0.444 e. The van der Waals surface area contributed by atoms with Gasteiger partial charge < -0.3 is 14.8 Å². The normalized spacial score (nSPS) is 10.8. The van der Waals surface area contributed by atoms with Crippen molar-refractivity contribution in [2.24, 2.45) is 0 Å². The van der Waals surface area contributed by atoms with Crippen molar-refractivity contribution in [2.45, 2.75) is 32.8 Å². The summed E-state index contributed by atoms with van der Waals surface area (Å²) < 4.78 is 10.9. The number of carbonyl (C=O) groups is 2. The van der Waals surface area contributed by atoms with Gasteiger partial charge in [-0.25, -0.2) is 4.79 Å². The number of esters is 1. The van der Waals surface area contributed by atoms with Crippen LogP contribution in [0.15, 0.2) is 28.7 Å². The fourth-order valence-electron chi connectivity index (χ4n) is 1.28. The lowest BCUT2D eigenvalue weighted by Gasteiger charge is -2.19. The van der Waals surface area contributed by atoms with E-state index in [1.54, 1.807) is 39.0 Å². The molecule has 0 fully saturated rings. The van der Waals surface area contributed by atoms with Crippen LogP contribution >= 0.6 is 15.9 Å². The lowest BCUT2D eigenvalue weighted by atomic mass is 10.2. The number of hydrogen-bond acceptors (Lipinski definition) is 4. The molecule has 1 rings (SSSR count). The number of para-hydroxylation sites is 1. The van der Waals surface area contributed by atoms with Crippen LogP contribution in [0.1, 0.15) is 27.2 Å². The van der Waals surface area contributed by atoms with Crippen LogP contribution in [0.2, 0.25) is 0 Å². The Morgan fingerprint density at radius 2 is 1.90 bits per heavy atom. The summed E-state index contributed by atoms with van der Waals surface area (Å²) in [5.41, 5.74) is -0.556. The van der Waals surface area contributed by atoms with Gasteiger partial charge in [-0.05, 0) is 48.8 Å². The lowest BCUT2D eigenvalue weighted by Crippen LogP contribution is -2.34. The summed E-state index contributed by atoms with van der Waals surface area (Å²) in [6, 6.07) is 7.06. The zero-order valence-electron chi connectivity index (χ0n) is 11.7. The van der Waals surface area contributed by atoms with E-state index in [1.807, 2.05) is 6.07 Å². The van der Waals surface area contributed by atoms with Gasteiger partial charge in [0.2, 0.25) is 0 Å². The van der Waals surface area contributed by atoms with Crippen LogP contribution in [-0.4, -0.2) is 24.2 Å². The SMILES string of the molecule is CC(C)(C)OC(=O)NCCC(=O)Oc1ccccc1Br. The average Bonchev–Trinajstić information content (AvgIpc) is 2.29. The Morgan fingerprint density at radius 3 is 2.50 bits per heavy atom. The number of ether oxygens (including phenoxy) is 2. The highest BCUT2D eigenvalue weighted by Crippen LogP contribution is 2.23. The van der Waals surface area contributed by atoms with E-state index in [4.69, 9.17) is 9.47 Å².